The number of rotatable bonds is 8. The van der Waals surface area contributed by atoms with Crippen LogP contribution in [0.5, 0.6) is 5.75 Å². The van der Waals surface area contributed by atoms with Crippen molar-refractivity contribution in [2.24, 2.45) is 7.05 Å². The molecule has 1 aliphatic rings. The van der Waals surface area contributed by atoms with Crippen molar-refractivity contribution in [2.45, 2.75) is 49.7 Å². The molecule has 0 atom stereocenters. The standard InChI is InChI=1S/C31H33N3O6S/c1-20-8-4-7-11-29(20)41(37,38)33-30(35)22-13-12-21(28(17-22)39-3)16-23-19-34(2)27-15-14-24(18-26(23)27)32-31(36)40-25-9-5-6-10-25/h4,7-8,11-15,17-19,25H,5-6,9-10,16H2,1-3H3,(H,32,36)(H,33,35)/i1D3,3D3,5D2,6D2,9D2,10D2,16D2. The first-order valence-corrected chi connectivity index (χ1v) is 13.3. The summed E-state index contributed by atoms with van der Waals surface area (Å²) in [5.74, 6) is -2.04. The van der Waals surface area contributed by atoms with Gasteiger partial charge in [0, 0.05) is 59.6 Å². The summed E-state index contributed by atoms with van der Waals surface area (Å²) in [4.78, 5) is 25.5. The molecule has 214 valence electrons. The Morgan fingerprint density at radius 2 is 1.90 bits per heavy atom. The molecule has 1 aromatic heterocycles. The topological polar surface area (TPSA) is 116 Å². The second-order valence-corrected chi connectivity index (χ2v) is 10.4. The number of fused-ring (bicyclic) bond motifs is 1. The third-order valence-electron chi connectivity index (χ3n) is 5.96. The predicted octanol–water partition coefficient (Wildman–Crippen LogP) is 5.70. The van der Waals surface area contributed by atoms with E-state index in [9.17, 15) is 18.0 Å². The van der Waals surface area contributed by atoms with E-state index in [1.165, 1.54) is 48.1 Å². The number of aromatic nitrogens is 1. The Morgan fingerprint density at radius 3 is 2.68 bits per heavy atom. The van der Waals surface area contributed by atoms with Crippen molar-refractivity contribution in [2.75, 3.05) is 12.4 Å². The first-order valence-electron chi connectivity index (χ1n) is 19.8. The lowest BCUT2D eigenvalue weighted by atomic mass is 10.0. The number of anilines is 1. The largest absolute Gasteiger partial charge is 0.496 e. The maximum absolute atomic E-state index is 13.2. The average Bonchev–Trinajstić information content (AvgIpc) is 3.43. The van der Waals surface area contributed by atoms with Crippen molar-refractivity contribution in [1.29, 1.82) is 0 Å². The van der Waals surface area contributed by atoms with Gasteiger partial charge in [0.15, 0.2) is 0 Å². The average molecular weight is 592 g/mol. The van der Waals surface area contributed by atoms with Gasteiger partial charge in [-0.3, -0.25) is 10.1 Å². The van der Waals surface area contributed by atoms with Crippen LogP contribution in [0, 0.1) is 6.85 Å². The van der Waals surface area contributed by atoms with Crippen molar-refractivity contribution in [3.05, 3.63) is 89.1 Å². The van der Waals surface area contributed by atoms with E-state index in [1.54, 1.807) is 4.72 Å². The fourth-order valence-corrected chi connectivity index (χ4v) is 5.14. The summed E-state index contributed by atoms with van der Waals surface area (Å²) in [6.45, 7) is -2.87. The van der Waals surface area contributed by atoms with E-state index in [2.05, 4.69) is 5.32 Å². The molecule has 4 aromatic rings. The van der Waals surface area contributed by atoms with Crippen LogP contribution in [0.4, 0.5) is 10.5 Å². The molecule has 2 N–H and O–H groups in total. The summed E-state index contributed by atoms with van der Waals surface area (Å²) in [7, 11) is -6.49. The second kappa shape index (κ2) is 11.7. The molecular formula is C31H33N3O6S. The number of hydrogen-bond donors (Lipinski definition) is 2. The molecule has 1 fully saturated rings. The van der Waals surface area contributed by atoms with Gasteiger partial charge in [-0.05, 0) is 85.4 Å². The highest BCUT2D eigenvalue weighted by Gasteiger charge is 2.22. The van der Waals surface area contributed by atoms with E-state index in [0.29, 0.717) is 5.52 Å². The van der Waals surface area contributed by atoms with Crippen LogP contribution in [0.3, 0.4) is 0 Å². The van der Waals surface area contributed by atoms with E-state index in [0.717, 1.165) is 30.3 Å². The Bertz CT molecular complexity index is 2350. The molecule has 0 saturated heterocycles. The lowest BCUT2D eigenvalue weighted by Gasteiger charge is -2.13. The lowest BCUT2D eigenvalue weighted by molar-refractivity contribution is 0.0980. The smallest absolute Gasteiger partial charge is 0.411 e. The van der Waals surface area contributed by atoms with Crippen LogP contribution >= 0.6 is 0 Å². The summed E-state index contributed by atoms with van der Waals surface area (Å²) in [5.41, 5.74) is -1.45. The number of amides is 2. The maximum atomic E-state index is 13.2. The highest BCUT2D eigenvalue weighted by molar-refractivity contribution is 7.90. The minimum Gasteiger partial charge on any atom is -0.496 e. The van der Waals surface area contributed by atoms with Gasteiger partial charge in [-0.1, -0.05) is 24.3 Å². The molecular weight excluding hydrogens is 542 g/mol. The minimum atomic E-state index is -4.81. The van der Waals surface area contributed by atoms with Crippen LogP contribution in [0.15, 0.2) is 71.8 Å². The summed E-state index contributed by atoms with van der Waals surface area (Å²) in [6, 6.07) is 11.3. The molecule has 0 spiro atoms. The van der Waals surface area contributed by atoms with Crippen LogP contribution in [-0.4, -0.2) is 38.1 Å². The van der Waals surface area contributed by atoms with Crippen molar-refractivity contribution >= 4 is 38.6 Å². The Hall–Kier alpha value is -4.31. The Balaban J connectivity index is 1.49. The molecule has 0 radical (unpaired) electrons. The molecule has 2 amide bonds. The Kier molecular flexibility index (Phi) is 4.14. The molecule has 9 nitrogen and oxygen atoms in total. The predicted molar refractivity (Wildman–Crippen MR) is 157 cm³/mol. The number of ether oxygens (including phenoxy) is 2. The van der Waals surface area contributed by atoms with E-state index >= 15 is 0 Å². The summed E-state index contributed by atoms with van der Waals surface area (Å²) < 4.78 is 168. The quantitative estimate of drug-likeness (QED) is 0.272. The number of nitrogens with one attached hydrogen (secondary N) is 2. The molecule has 1 aliphatic carbocycles. The van der Waals surface area contributed by atoms with Crippen LogP contribution in [0.2, 0.25) is 0 Å². The number of methoxy groups -OCH3 is 1. The number of carbonyl (C=O) groups excluding carboxylic acids is 2. The summed E-state index contributed by atoms with van der Waals surface area (Å²) in [5, 5.41) is 2.33. The summed E-state index contributed by atoms with van der Waals surface area (Å²) in [6.07, 6.45) is -18.8. The molecule has 3 aromatic carbocycles. The van der Waals surface area contributed by atoms with Gasteiger partial charge in [-0.2, -0.15) is 0 Å². The van der Waals surface area contributed by atoms with Crippen LogP contribution in [0.1, 0.15) is 74.5 Å². The van der Waals surface area contributed by atoms with Crippen molar-refractivity contribution in [3.8, 4) is 5.75 Å². The zero-order valence-electron chi connectivity index (χ0n) is 37.2. The maximum Gasteiger partial charge on any atom is 0.411 e. The second-order valence-electron chi connectivity index (χ2n) is 8.70. The van der Waals surface area contributed by atoms with Gasteiger partial charge in [0.25, 0.3) is 15.9 Å². The number of hydrogen-bond acceptors (Lipinski definition) is 6. The van der Waals surface area contributed by atoms with Gasteiger partial charge in [0.2, 0.25) is 0 Å². The highest BCUT2D eigenvalue weighted by Crippen LogP contribution is 2.30. The third kappa shape index (κ3) is 6.22. The third-order valence-corrected chi connectivity index (χ3v) is 7.35. The van der Waals surface area contributed by atoms with Gasteiger partial charge in [-0.25, -0.2) is 17.9 Å². The first-order chi connectivity index (χ1) is 25.8. The van der Waals surface area contributed by atoms with Crippen molar-refractivity contribution < 1.29 is 49.4 Å². The summed E-state index contributed by atoms with van der Waals surface area (Å²) >= 11 is 0. The van der Waals surface area contributed by atoms with Crippen LogP contribution < -0.4 is 14.8 Å². The zero-order valence-corrected chi connectivity index (χ0v) is 22.0. The van der Waals surface area contributed by atoms with E-state index < -0.39 is 101 Å². The molecule has 0 bridgehead atoms. The van der Waals surface area contributed by atoms with Gasteiger partial charge < -0.3 is 14.0 Å². The highest BCUT2D eigenvalue weighted by atomic mass is 32.2. The van der Waals surface area contributed by atoms with Gasteiger partial charge in [0.1, 0.15) is 11.9 Å². The minimum absolute atomic E-state index is 0.0974. The SMILES string of the molecule is [2H]C([2H])([2H])Oc1cc(C(=O)NS(=O)(=O)c2ccccc2C([2H])([2H])[2H])ccc1C([2H])([2H])c1cn(C)c2ccc(NC(=O)OC3C([2H])([2H])C([2H])([2H])C([2H])([2H])C3([2H])[2H])cc12. The first kappa shape index (κ1) is 14.5. The Labute approximate surface area is 262 Å². The molecule has 0 aliphatic heterocycles. The van der Waals surface area contributed by atoms with Gasteiger partial charge in [-0.15, -0.1) is 0 Å². The lowest BCUT2D eigenvalue weighted by Crippen LogP contribution is -2.31. The number of benzene rings is 3. The number of carbonyl (C=O) groups is 2. The van der Waals surface area contributed by atoms with Crippen molar-refractivity contribution in [3.63, 3.8) is 0 Å². The number of sulfonamides is 1. The number of nitrogens with zero attached hydrogens (tertiary/aromatic N) is 1. The van der Waals surface area contributed by atoms with E-state index in [4.69, 9.17) is 31.4 Å². The molecule has 0 unspecified atom stereocenters. The fraction of sp³-hybridized carbons (Fsp3) is 0.290. The Morgan fingerprint density at radius 1 is 1.10 bits per heavy atom. The van der Waals surface area contributed by atoms with Crippen LogP contribution in [-0.2, 0) is 28.2 Å². The van der Waals surface area contributed by atoms with E-state index in [1.807, 2.05) is 0 Å². The van der Waals surface area contributed by atoms with Gasteiger partial charge >= 0.3 is 6.09 Å². The molecule has 1 heterocycles. The molecule has 10 heteroatoms. The fourth-order valence-electron chi connectivity index (χ4n) is 4.06. The van der Waals surface area contributed by atoms with E-state index in [-0.39, 0.29) is 16.6 Å². The molecule has 5 rings (SSSR count). The van der Waals surface area contributed by atoms with Crippen molar-refractivity contribution in [1.82, 2.24) is 9.29 Å². The van der Waals surface area contributed by atoms with Gasteiger partial charge in [0.05, 0.1) is 16.0 Å². The number of aryl methyl sites for hydroxylation is 2. The molecule has 41 heavy (non-hydrogen) atoms. The molecule has 1 saturated carbocycles. The monoisotopic (exact) mass is 591 g/mol. The zero-order chi connectivity index (χ0) is 43.1. The van der Waals surface area contributed by atoms with Crippen LogP contribution in [0.25, 0.3) is 10.9 Å². The normalized spacial score (nSPS) is 25.4.